The highest BCUT2D eigenvalue weighted by Gasteiger charge is 2.12. The predicted molar refractivity (Wildman–Crippen MR) is 82.5 cm³/mol. The smallest absolute Gasteiger partial charge is 0.253 e. The van der Waals surface area contributed by atoms with Gasteiger partial charge in [0.2, 0.25) is 0 Å². The largest absolute Gasteiger partial charge is 0.379 e. The molecule has 1 saturated heterocycles. The lowest BCUT2D eigenvalue weighted by atomic mass is 10.1. The molecule has 0 bridgehead atoms. The second-order valence-corrected chi connectivity index (χ2v) is 5.31. The van der Waals surface area contributed by atoms with E-state index < -0.39 is 0 Å². The van der Waals surface area contributed by atoms with Crippen molar-refractivity contribution in [2.24, 2.45) is 0 Å². The summed E-state index contributed by atoms with van der Waals surface area (Å²) in [6.45, 7) is 5.35. The SMILES string of the molecule is O=C(NCCCN1CCOCC1)c1c[nH]c2ccccc12. The molecule has 1 aliphatic rings. The van der Waals surface area contributed by atoms with Crippen molar-refractivity contribution in [2.75, 3.05) is 39.4 Å². The third-order valence-electron chi connectivity index (χ3n) is 3.87. The van der Waals surface area contributed by atoms with E-state index in [4.69, 9.17) is 4.74 Å². The zero-order valence-electron chi connectivity index (χ0n) is 12.1. The highest BCUT2D eigenvalue weighted by Crippen LogP contribution is 2.17. The van der Waals surface area contributed by atoms with Crippen molar-refractivity contribution >= 4 is 16.8 Å². The van der Waals surface area contributed by atoms with Gasteiger partial charge in [0, 0.05) is 36.7 Å². The molecule has 0 aliphatic carbocycles. The number of aromatic nitrogens is 1. The number of fused-ring (bicyclic) bond motifs is 1. The number of carbonyl (C=O) groups is 1. The molecule has 0 atom stereocenters. The van der Waals surface area contributed by atoms with Crippen LogP contribution in [-0.2, 0) is 4.74 Å². The number of nitrogens with one attached hydrogen (secondary N) is 2. The molecule has 2 aromatic rings. The zero-order chi connectivity index (χ0) is 14.5. The number of nitrogens with zero attached hydrogens (tertiary/aromatic N) is 1. The van der Waals surface area contributed by atoms with Crippen LogP contribution in [0.25, 0.3) is 10.9 Å². The number of carbonyl (C=O) groups excluding carboxylic acids is 1. The van der Waals surface area contributed by atoms with Crippen LogP contribution in [-0.4, -0.2) is 55.2 Å². The molecule has 21 heavy (non-hydrogen) atoms. The van der Waals surface area contributed by atoms with Crippen LogP contribution in [0.1, 0.15) is 16.8 Å². The molecular weight excluding hydrogens is 266 g/mol. The van der Waals surface area contributed by atoms with Gasteiger partial charge in [-0.25, -0.2) is 0 Å². The number of rotatable bonds is 5. The minimum absolute atomic E-state index is 0.00516. The quantitative estimate of drug-likeness (QED) is 0.822. The minimum Gasteiger partial charge on any atom is -0.379 e. The Bertz CT molecular complexity index is 602. The fraction of sp³-hybridized carbons (Fsp3) is 0.438. The summed E-state index contributed by atoms with van der Waals surface area (Å²) in [5.74, 6) is -0.00516. The molecule has 2 heterocycles. The van der Waals surface area contributed by atoms with Crippen LogP contribution in [0, 0.1) is 0 Å². The molecule has 2 N–H and O–H groups in total. The van der Waals surface area contributed by atoms with Crippen LogP contribution >= 0.6 is 0 Å². The minimum atomic E-state index is -0.00516. The van der Waals surface area contributed by atoms with E-state index in [0.29, 0.717) is 6.54 Å². The Morgan fingerprint density at radius 1 is 1.29 bits per heavy atom. The van der Waals surface area contributed by atoms with Gasteiger partial charge in [-0.15, -0.1) is 0 Å². The number of hydrogen-bond acceptors (Lipinski definition) is 3. The molecule has 0 unspecified atom stereocenters. The Morgan fingerprint density at radius 2 is 2.10 bits per heavy atom. The standard InChI is InChI=1S/C16H21N3O2/c20-16(14-12-18-15-5-2-1-4-13(14)15)17-6-3-7-19-8-10-21-11-9-19/h1-2,4-5,12,18H,3,6-11H2,(H,17,20). The Labute approximate surface area is 124 Å². The highest BCUT2D eigenvalue weighted by atomic mass is 16.5. The average molecular weight is 287 g/mol. The van der Waals surface area contributed by atoms with Crippen LogP contribution in [0.4, 0.5) is 0 Å². The number of H-pyrrole nitrogens is 1. The molecular formula is C16H21N3O2. The van der Waals surface area contributed by atoms with Gasteiger partial charge in [-0.3, -0.25) is 9.69 Å². The van der Waals surface area contributed by atoms with Crippen LogP contribution in [0.3, 0.4) is 0 Å². The van der Waals surface area contributed by atoms with Gasteiger partial charge in [0.1, 0.15) is 0 Å². The normalized spacial score (nSPS) is 16.2. The maximum atomic E-state index is 12.2. The van der Waals surface area contributed by atoms with Gasteiger partial charge in [-0.05, 0) is 19.0 Å². The van der Waals surface area contributed by atoms with Gasteiger partial charge < -0.3 is 15.0 Å². The third kappa shape index (κ3) is 3.43. The summed E-state index contributed by atoms with van der Waals surface area (Å²) in [7, 11) is 0. The van der Waals surface area contributed by atoms with Gasteiger partial charge >= 0.3 is 0 Å². The van der Waals surface area contributed by atoms with Gasteiger partial charge in [-0.1, -0.05) is 18.2 Å². The molecule has 1 amide bonds. The molecule has 3 rings (SSSR count). The van der Waals surface area contributed by atoms with Gasteiger partial charge in [0.05, 0.1) is 18.8 Å². The first-order chi connectivity index (χ1) is 10.3. The van der Waals surface area contributed by atoms with Crippen molar-refractivity contribution in [2.45, 2.75) is 6.42 Å². The van der Waals surface area contributed by atoms with E-state index in [9.17, 15) is 4.79 Å². The Kier molecular flexibility index (Phi) is 4.52. The Hall–Kier alpha value is -1.85. The lowest BCUT2D eigenvalue weighted by molar-refractivity contribution is 0.0374. The maximum Gasteiger partial charge on any atom is 0.253 e. The molecule has 1 aliphatic heterocycles. The topological polar surface area (TPSA) is 57.4 Å². The summed E-state index contributed by atoms with van der Waals surface area (Å²) in [6.07, 6.45) is 2.75. The monoisotopic (exact) mass is 287 g/mol. The first-order valence-electron chi connectivity index (χ1n) is 7.49. The summed E-state index contributed by atoms with van der Waals surface area (Å²) in [4.78, 5) is 17.7. The van der Waals surface area contributed by atoms with Crippen molar-refractivity contribution in [3.05, 3.63) is 36.0 Å². The first-order valence-corrected chi connectivity index (χ1v) is 7.49. The van der Waals surface area contributed by atoms with E-state index in [1.54, 1.807) is 6.20 Å². The summed E-state index contributed by atoms with van der Waals surface area (Å²) in [6, 6.07) is 7.85. The Balaban J connectivity index is 1.48. The second-order valence-electron chi connectivity index (χ2n) is 5.31. The summed E-state index contributed by atoms with van der Waals surface area (Å²) < 4.78 is 5.32. The van der Waals surface area contributed by atoms with Crippen LogP contribution in [0.2, 0.25) is 0 Å². The first kappa shape index (κ1) is 14.1. The average Bonchev–Trinajstić information content (AvgIpc) is 2.96. The zero-order valence-corrected chi connectivity index (χ0v) is 12.1. The molecule has 0 spiro atoms. The summed E-state index contributed by atoms with van der Waals surface area (Å²) in [5, 5.41) is 3.98. The molecule has 1 aromatic carbocycles. The molecule has 112 valence electrons. The van der Waals surface area contributed by atoms with Gasteiger partial charge in [0.15, 0.2) is 0 Å². The molecule has 1 aromatic heterocycles. The fourth-order valence-electron chi connectivity index (χ4n) is 2.68. The molecule has 1 fully saturated rings. The number of morpholine rings is 1. The van der Waals surface area contributed by atoms with E-state index >= 15 is 0 Å². The van der Waals surface area contributed by atoms with Crippen molar-refractivity contribution < 1.29 is 9.53 Å². The molecule has 5 nitrogen and oxygen atoms in total. The van der Waals surface area contributed by atoms with Crippen molar-refractivity contribution in [3.8, 4) is 0 Å². The molecule has 0 radical (unpaired) electrons. The second kappa shape index (κ2) is 6.74. The number of hydrogen-bond donors (Lipinski definition) is 2. The fourth-order valence-corrected chi connectivity index (χ4v) is 2.68. The van der Waals surface area contributed by atoms with Crippen LogP contribution in [0.5, 0.6) is 0 Å². The third-order valence-corrected chi connectivity index (χ3v) is 3.87. The lowest BCUT2D eigenvalue weighted by Gasteiger charge is -2.26. The highest BCUT2D eigenvalue weighted by molar-refractivity contribution is 6.06. The van der Waals surface area contributed by atoms with Crippen LogP contribution in [0.15, 0.2) is 30.5 Å². The lowest BCUT2D eigenvalue weighted by Crippen LogP contribution is -2.38. The Morgan fingerprint density at radius 3 is 2.95 bits per heavy atom. The van der Waals surface area contributed by atoms with E-state index in [-0.39, 0.29) is 5.91 Å². The van der Waals surface area contributed by atoms with Crippen molar-refractivity contribution in [1.29, 1.82) is 0 Å². The number of amides is 1. The number of para-hydroxylation sites is 1. The molecule has 5 heteroatoms. The van der Waals surface area contributed by atoms with E-state index in [2.05, 4.69) is 15.2 Å². The van der Waals surface area contributed by atoms with Crippen LogP contribution < -0.4 is 5.32 Å². The van der Waals surface area contributed by atoms with Gasteiger partial charge in [-0.2, -0.15) is 0 Å². The molecule has 0 saturated carbocycles. The summed E-state index contributed by atoms with van der Waals surface area (Å²) >= 11 is 0. The van der Waals surface area contributed by atoms with E-state index in [0.717, 1.165) is 55.7 Å². The van der Waals surface area contributed by atoms with E-state index in [1.807, 2.05) is 24.3 Å². The van der Waals surface area contributed by atoms with Crippen molar-refractivity contribution in [3.63, 3.8) is 0 Å². The van der Waals surface area contributed by atoms with E-state index in [1.165, 1.54) is 0 Å². The number of benzene rings is 1. The predicted octanol–water partition coefficient (Wildman–Crippen LogP) is 1.62. The number of ether oxygens (including phenoxy) is 1. The maximum absolute atomic E-state index is 12.2. The van der Waals surface area contributed by atoms with Crippen molar-refractivity contribution in [1.82, 2.24) is 15.2 Å². The van der Waals surface area contributed by atoms with Gasteiger partial charge in [0.25, 0.3) is 5.91 Å². The summed E-state index contributed by atoms with van der Waals surface area (Å²) in [5.41, 5.74) is 1.72. The number of aromatic amines is 1.